The molecule has 2 N–H and O–H groups in total. The second-order valence-electron chi connectivity index (χ2n) is 4.90. The average Bonchev–Trinajstić information content (AvgIpc) is 3.02. The number of aromatic nitrogens is 2. The summed E-state index contributed by atoms with van der Waals surface area (Å²) in [4.78, 5) is 0. The van der Waals surface area contributed by atoms with E-state index in [2.05, 4.69) is 45.8 Å². The second-order valence-corrected chi connectivity index (χ2v) is 5.34. The molecule has 0 unspecified atom stereocenters. The minimum atomic E-state index is 0.776. The van der Waals surface area contributed by atoms with Crippen molar-refractivity contribution in [1.82, 2.24) is 15.5 Å². The Bertz CT molecular complexity index is 690. The molecule has 0 amide bonds. The van der Waals surface area contributed by atoms with Crippen LogP contribution in [0.2, 0.25) is 5.02 Å². The fourth-order valence-corrected chi connectivity index (χ4v) is 2.43. The van der Waals surface area contributed by atoms with E-state index in [1.54, 1.807) is 6.20 Å². The van der Waals surface area contributed by atoms with Crippen LogP contribution in [-0.4, -0.2) is 10.2 Å². The highest BCUT2D eigenvalue weighted by atomic mass is 35.5. The van der Waals surface area contributed by atoms with Crippen molar-refractivity contribution in [3.63, 3.8) is 0 Å². The summed E-state index contributed by atoms with van der Waals surface area (Å²) in [6, 6.07) is 18.3. The van der Waals surface area contributed by atoms with Gasteiger partial charge in [-0.1, -0.05) is 48.0 Å². The maximum Gasteiger partial charge on any atom is 0.0650 e. The first-order valence-electron chi connectivity index (χ1n) is 6.85. The van der Waals surface area contributed by atoms with E-state index in [9.17, 15) is 0 Å². The molecule has 0 radical (unpaired) electrons. The van der Waals surface area contributed by atoms with E-state index in [4.69, 9.17) is 11.6 Å². The van der Waals surface area contributed by atoms with Crippen LogP contribution in [0.25, 0.3) is 11.3 Å². The normalized spacial score (nSPS) is 10.7. The number of hydrogen-bond donors (Lipinski definition) is 2. The summed E-state index contributed by atoms with van der Waals surface area (Å²) < 4.78 is 0. The molecular formula is C17H16ClN3. The summed E-state index contributed by atoms with van der Waals surface area (Å²) in [7, 11) is 0. The third-order valence-corrected chi connectivity index (χ3v) is 3.55. The molecule has 21 heavy (non-hydrogen) atoms. The Morgan fingerprint density at radius 3 is 2.48 bits per heavy atom. The van der Waals surface area contributed by atoms with Crippen LogP contribution in [0.3, 0.4) is 0 Å². The van der Waals surface area contributed by atoms with Gasteiger partial charge >= 0.3 is 0 Å². The van der Waals surface area contributed by atoms with Crippen molar-refractivity contribution in [2.45, 2.75) is 13.1 Å². The Balaban J connectivity index is 1.56. The molecule has 2 aromatic carbocycles. The van der Waals surface area contributed by atoms with Gasteiger partial charge in [-0.15, -0.1) is 0 Å². The minimum absolute atomic E-state index is 0.776. The first-order chi connectivity index (χ1) is 10.3. The smallest absolute Gasteiger partial charge is 0.0650 e. The molecule has 0 saturated heterocycles. The highest BCUT2D eigenvalue weighted by Gasteiger charge is 1.99. The summed E-state index contributed by atoms with van der Waals surface area (Å²) in [6.45, 7) is 1.64. The van der Waals surface area contributed by atoms with E-state index in [1.807, 2.05) is 24.3 Å². The Labute approximate surface area is 129 Å². The van der Waals surface area contributed by atoms with Crippen LogP contribution < -0.4 is 5.32 Å². The zero-order valence-corrected chi connectivity index (χ0v) is 12.3. The maximum absolute atomic E-state index is 5.97. The van der Waals surface area contributed by atoms with Gasteiger partial charge in [-0.05, 0) is 34.9 Å². The van der Waals surface area contributed by atoms with E-state index in [1.165, 1.54) is 11.1 Å². The molecule has 3 rings (SSSR count). The monoisotopic (exact) mass is 297 g/mol. The standard InChI is InChI=1S/C17H16ClN3/c18-16-3-1-2-14(10-16)12-19-11-13-4-6-15(7-5-13)17-8-9-20-21-17/h1-10,19H,11-12H2,(H,20,21). The first-order valence-corrected chi connectivity index (χ1v) is 7.23. The van der Waals surface area contributed by atoms with Crippen molar-refractivity contribution >= 4 is 11.6 Å². The lowest BCUT2D eigenvalue weighted by Gasteiger charge is -2.06. The van der Waals surface area contributed by atoms with Crippen LogP contribution in [0.4, 0.5) is 0 Å². The van der Waals surface area contributed by atoms with Gasteiger partial charge in [0.2, 0.25) is 0 Å². The van der Waals surface area contributed by atoms with Gasteiger partial charge in [0, 0.05) is 24.3 Å². The van der Waals surface area contributed by atoms with E-state index >= 15 is 0 Å². The number of aromatic amines is 1. The van der Waals surface area contributed by atoms with Gasteiger partial charge < -0.3 is 5.32 Å². The quantitative estimate of drug-likeness (QED) is 0.747. The molecule has 0 fully saturated rings. The number of benzene rings is 2. The molecule has 1 aromatic heterocycles. The van der Waals surface area contributed by atoms with Gasteiger partial charge in [0.15, 0.2) is 0 Å². The number of H-pyrrole nitrogens is 1. The van der Waals surface area contributed by atoms with Gasteiger partial charge in [-0.25, -0.2) is 0 Å². The summed E-state index contributed by atoms with van der Waals surface area (Å²) in [6.07, 6.45) is 1.76. The molecule has 4 heteroatoms. The topological polar surface area (TPSA) is 40.7 Å². The molecule has 0 saturated carbocycles. The average molecular weight is 298 g/mol. The second kappa shape index (κ2) is 6.57. The lowest BCUT2D eigenvalue weighted by Crippen LogP contribution is -2.12. The van der Waals surface area contributed by atoms with Crippen molar-refractivity contribution in [3.05, 3.63) is 76.9 Å². The zero-order chi connectivity index (χ0) is 14.5. The molecule has 3 aromatic rings. The Kier molecular flexibility index (Phi) is 4.34. The highest BCUT2D eigenvalue weighted by molar-refractivity contribution is 6.30. The van der Waals surface area contributed by atoms with E-state index in [0.29, 0.717) is 0 Å². The van der Waals surface area contributed by atoms with Crippen LogP contribution in [0.1, 0.15) is 11.1 Å². The molecular weight excluding hydrogens is 282 g/mol. The minimum Gasteiger partial charge on any atom is -0.309 e. The summed E-state index contributed by atoms with van der Waals surface area (Å²) in [5.41, 5.74) is 4.62. The van der Waals surface area contributed by atoms with E-state index in [-0.39, 0.29) is 0 Å². The number of nitrogens with one attached hydrogen (secondary N) is 2. The fourth-order valence-electron chi connectivity index (χ4n) is 2.22. The molecule has 0 spiro atoms. The van der Waals surface area contributed by atoms with E-state index in [0.717, 1.165) is 29.4 Å². The van der Waals surface area contributed by atoms with Gasteiger partial charge in [-0.3, -0.25) is 5.10 Å². The fraction of sp³-hybridized carbons (Fsp3) is 0.118. The van der Waals surface area contributed by atoms with Gasteiger partial charge in [0.05, 0.1) is 5.69 Å². The molecule has 0 bridgehead atoms. The Morgan fingerprint density at radius 1 is 0.952 bits per heavy atom. The summed E-state index contributed by atoms with van der Waals surface area (Å²) in [5, 5.41) is 11.1. The Morgan fingerprint density at radius 2 is 1.76 bits per heavy atom. The molecule has 0 aliphatic rings. The third-order valence-electron chi connectivity index (χ3n) is 3.31. The molecule has 0 aliphatic heterocycles. The third kappa shape index (κ3) is 3.72. The maximum atomic E-state index is 5.97. The lowest BCUT2D eigenvalue weighted by molar-refractivity contribution is 0.693. The largest absolute Gasteiger partial charge is 0.309 e. The molecule has 0 aliphatic carbocycles. The highest BCUT2D eigenvalue weighted by Crippen LogP contribution is 2.16. The van der Waals surface area contributed by atoms with Gasteiger partial charge in [-0.2, -0.15) is 5.10 Å². The van der Waals surface area contributed by atoms with Gasteiger partial charge in [0.25, 0.3) is 0 Å². The van der Waals surface area contributed by atoms with Crippen LogP contribution >= 0.6 is 11.6 Å². The van der Waals surface area contributed by atoms with Crippen LogP contribution in [0.15, 0.2) is 60.8 Å². The SMILES string of the molecule is Clc1cccc(CNCc2ccc(-c3ccn[nH]3)cc2)c1. The summed E-state index contributed by atoms with van der Waals surface area (Å²) >= 11 is 5.97. The van der Waals surface area contributed by atoms with Crippen molar-refractivity contribution in [2.24, 2.45) is 0 Å². The molecule has 106 valence electrons. The first kappa shape index (κ1) is 13.9. The number of nitrogens with zero attached hydrogens (tertiary/aromatic N) is 1. The lowest BCUT2D eigenvalue weighted by atomic mass is 10.1. The van der Waals surface area contributed by atoms with Gasteiger partial charge in [0.1, 0.15) is 0 Å². The summed E-state index contributed by atoms with van der Waals surface area (Å²) in [5.74, 6) is 0. The van der Waals surface area contributed by atoms with Crippen LogP contribution in [0, 0.1) is 0 Å². The number of hydrogen-bond acceptors (Lipinski definition) is 2. The molecule has 3 nitrogen and oxygen atoms in total. The van der Waals surface area contributed by atoms with Crippen LogP contribution in [-0.2, 0) is 13.1 Å². The van der Waals surface area contributed by atoms with Crippen LogP contribution in [0.5, 0.6) is 0 Å². The zero-order valence-electron chi connectivity index (χ0n) is 11.5. The molecule has 0 atom stereocenters. The predicted molar refractivity (Wildman–Crippen MR) is 86.0 cm³/mol. The Hall–Kier alpha value is -2.10. The number of halogens is 1. The molecule has 1 heterocycles. The van der Waals surface area contributed by atoms with Crippen molar-refractivity contribution in [3.8, 4) is 11.3 Å². The number of rotatable bonds is 5. The van der Waals surface area contributed by atoms with Crippen molar-refractivity contribution < 1.29 is 0 Å². The van der Waals surface area contributed by atoms with E-state index < -0.39 is 0 Å². The van der Waals surface area contributed by atoms with Crippen molar-refractivity contribution in [1.29, 1.82) is 0 Å². The van der Waals surface area contributed by atoms with Crippen molar-refractivity contribution in [2.75, 3.05) is 0 Å². The predicted octanol–water partition coefficient (Wildman–Crippen LogP) is 4.02.